The summed E-state index contributed by atoms with van der Waals surface area (Å²) in [6, 6.07) is 0.743. The summed E-state index contributed by atoms with van der Waals surface area (Å²) in [4.78, 5) is 0. The van der Waals surface area contributed by atoms with Gasteiger partial charge < -0.3 is 5.32 Å². The predicted octanol–water partition coefficient (Wildman–Crippen LogP) is 1.78. The molecule has 0 aromatic heterocycles. The molecule has 1 saturated heterocycles. The summed E-state index contributed by atoms with van der Waals surface area (Å²) in [6.45, 7) is 5.85. The quantitative estimate of drug-likeness (QED) is 0.523. The molecule has 2 atom stereocenters. The molecular formula is C8H17N. The lowest BCUT2D eigenvalue weighted by Crippen LogP contribution is -2.30. The first-order chi connectivity index (χ1) is 4.30. The first-order valence-electron chi connectivity index (χ1n) is 4.04. The summed E-state index contributed by atoms with van der Waals surface area (Å²) >= 11 is 0. The molecule has 1 fully saturated rings. The zero-order valence-corrected chi connectivity index (χ0v) is 6.48. The molecule has 1 aliphatic rings. The Morgan fingerprint density at radius 1 is 1.22 bits per heavy atom. The lowest BCUT2D eigenvalue weighted by molar-refractivity contribution is 0.415. The lowest BCUT2D eigenvalue weighted by atomic mass is 9.99. The zero-order chi connectivity index (χ0) is 6.69. The minimum atomic E-state index is 0.743. The molecule has 1 N–H and O–H groups in total. The van der Waals surface area contributed by atoms with Gasteiger partial charge in [-0.3, -0.25) is 0 Å². The zero-order valence-electron chi connectivity index (χ0n) is 6.48. The van der Waals surface area contributed by atoms with Crippen molar-refractivity contribution in [2.45, 2.75) is 39.2 Å². The molecule has 0 aromatic carbocycles. The van der Waals surface area contributed by atoms with Gasteiger partial charge in [0.1, 0.15) is 0 Å². The van der Waals surface area contributed by atoms with Gasteiger partial charge in [0.05, 0.1) is 0 Å². The summed E-state index contributed by atoms with van der Waals surface area (Å²) in [7, 11) is 0. The summed E-state index contributed by atoms with van der Waals surface area (Å²) in [5.41, 5.74) is 0. The van der Waals surface area contributed by atoms with Gasteiger partial charge in [0, 0.05) is 6.04 Å². The van der Waals surface area contributed by atoms with E-state index in [0.29, 0.717) is 0 Å². The lowest BCUT2D eigenvalue weighted by Gasteiger charge is -2.16. The molecule has 1 heteroatoms. The molecule has 1 rings (SSSR count). The Bertz CT molecular complexity index is 70.6. The molecule has 0 bridgehead atoms. The smallest absolute Gasteiger partial charge is 0.00643 e. The van der Waals surface area contributed by atoms with E-state index in [4.69, 9.17) is 0 Å². The number of hydrogen-bond acceptors (Lipinski definition) is 1. The van der Waals surface area contributed by atoms with Crippen LogP contribution in [0.4, 0.5) is 0 Å². The minimum Gasteiger partial charge on any atom is -0.314 e. The second-order valence-electron chi connectivity index (χ2n) is 3.22. The third-order valence-electron chi connectivity index (χ3n) is 2.41. The first kappa shape index (κ1) is 7.07. The van der Waals surface area contributed by atoms with Crippen molar-refractivity contribution in [2.24, 2.45) is 5.92 Å². The van der Waals surface area contributed by atoms with Gasteiger partial charge in [-0.25, -0.2) is 0 Å². The van der Waals surface area contributed by atoms with Crippen LogP contribution in [0.5, 0.6) is 0 Å². The van der Waals surface area contributed by atoms with Gasteiger partial charge in [-0.05, 0) is 32.2 Å². The fourth-order valence-corrected chi connectivity index (χ4v) is 1.37. The van der Waals surface area contributed by atoms with Crippen molar-refractivity contribution in [1.29, 1.82) is 0 Å². The summed E-state index contributed by atoms with van der Waals surface area (Å²) in [5, 5.41) is 3.49. The minimum absolute atomic E-state index is 0.743. The molecule has 0 unspecified atom stereocenters. The van der Waals surface area contributed by atoms with E-state index in [1.54, 1.807) is 0 Å². The second kappa shape index (κ2) is 3.21. The van der Waals surface area contributed by atoms with Crippen LogP contribution in [-0.4, -0.2) is 12.6 Å². The average molecular weight is 127 g/mol. The van der Waals surface area contributed by atoms with Crippen LogP contribution < -0.4 is 5.32 Å². The first-order valence-corrected chi connectivity index (χ1v) is 4.04. The molecule has 0 aromatic rings. The highest BCUT2D eigenvalue weighted by Crippen LogP contribution is 2.14. The van der Waals surface area contributed by atoms with Crippen molar-refractivity contribution in [3.63, 3.8) is 0 Å². The van der Waals surface area contributed by atoms with Crippen LogP contribution in [0.2, 0.25) is 0 Å². The Labute approximate surface area is 57.8 Å². The largest absolute Gasteiger partial charge is 0.314 e. The maximum atomic E-state index is 3.49. The Hall–Kier alpha value is -0.0400. The van der Waals surface area contributed by atoms with Crippen LogP contribution in [0.25, 0.3) is 0 Å². The third kappa shape index (κ3) is 1.98. The van der Waals surface area contributed by atoms with Gasteiger partial charge in [0.15, 0.2) is 0 Å². The number of hydrogen-bond donors (Lipinski definition) is 1. The molecule has 0 saturated carbocycles. The predicted molar refractivity (Wildman–Crippen MR) is 40.5 cm³/mol. The third-order valence-corrected chi connectivity index (χ3v) is 2.41. The molecule has 9 heavy (non-hydrogen) atoms. The van der Waals surface area contributed by atoms with E-state index in [0.717, 1.165) is 12.0 Å². The molecular weight excluding hydrogens is 110 g/mol. The molecule has 0 spiro atoms. The van der Waals surface area contributed by atoms with E-state index in [1.807, 2.05) is 0 Å². The Balaban J connectivity index is 2.32. The SMILES string of the molecule is C[C@@H]1CCCCN[C@@H]1C. The fourth-order valence-electron chi connectivity index (χ4n) is 1.37. The highest BCUT2D eigenvalue weighted by Gasteiger charge is 2.13. The molecule has 0 aliphatic carbocycles. The van der Waals surface area contributed by atoms with E-state index < -0.39 is 0 Å². The van der Waals surface area contributed by atoms with Crippen molar-refractivity contribution in [2.75, 3.05) is 6.54 Å². The van der Waals surface area contributed by atoms with Gasteiger partial charge in [-0.1, -0.05) is 13.3 Å². The van der Waals surface area contributed by atoms with Crippen molar-refractivity contribution < 1.29 is 0 Å². The second-order valence-corrected chi connectivity index (χ2v) is 3.22. The fraction of sp³-hybridized carbons (Fsp3) is 1.00. The van der Waals surface area contributed by atoms with Gasteiger partial charge in [-0.2, -0.15) is 0 Å². The van der Waals surface area contributed by atoms with E-state index in [9.17, 15) is 0 Å². The van der Waals surface area contributed by atoms with Gasteiger partial charge in [0.2, 0.25) is 0 Å². The van der Waals surface area contributed by atoms with Gasteiger partial charge >= 0.3 is 0 Å². The number of rotatable bonds is 0. The summed E-state index contributed by atoms with van der Waals surface area (Å²) in [5.74, 6) is 0.882. The molecule has 0 radical (unpaired) electrons. The van der Waals surface area contributed by atoms with Crippen molar-refractivity contribution in [3.05, 3.63) is 0 Å². The number of nitrogens with one attached hydrogen (secondary N) is 1. The molecule has 0 amide bonds. The van der Waals surface area contributed by atoms with Crippen LogP contribution >= 0.6 is 0 Å². The molecule has 1 heterocycles. The maximum Gasteiger partial charge on any atom is 0.00643 e. The van der Waals surface area contributed by atoms with Crippen LogP contribution in [0.15, 0.2) is 0 Å². The maximum absolute atomic E-state index is 3.49. The Kier molecular flexibility index (Phi) is 2.52. The highest BCUT2D eigenvalue weighted by molar-refractivity contribution is 4.71. The average Bonchev–Trinajstić information content (AvgIpc) is 1.99. The topological polar surface area (TPSA) is 12.0 Å². The molecule has 1 aliphatic heterocycles. The van der Waals surface area contributed by atoms with Crippen LogP contribution in [0.3, 0.4) is 0 Å². The van der Waals surface area contributed by atoms with Crippen LogP contribution in [0.1, 0.15) is 33.1 Å². The van der Waals surface area contributed by atoms with E-state index in [-0.39, 0.29) is 0 Å². The van der Waals surface area contributed by atoms with Crippen molar-refractivity contribution in [1.82, 2.24) is 5.32 Å². The summed E-state index contributed by atoms with van der Waals surface area (Å²) in [6.07, 6.45) is 4.20. The normalized spacial score (nSPS) is 38.0. The monoisotopic (exact) mass is 127 g/mol. The highest BCUT2D eigenvalue weighted by atomic mass is 14.9. The van der Waals surface area contributed by atoms with Gasteiger partial charge in [-0.15, -0.1) is 0 Å². The standard InChI is InChI=1S/C8H17N/c1-7-5-3-4-6-9-8(7)2/h7-9H,3-6H2,1-2H3/t7-,8-/m1/s1. The van der Waals surface area contributed by atoms with Crippen LogP contribution in [0, 0.1) is 5.92 Å². The molecule has 1 nitrogen and oxygen atoms in total. The van der Waals surface area contributed by atoms with E-state index >= 15 is 0 Å². The van der Waals surface area contributed by atoms with Gasteiger partial charge in [0.25, 0.3) is 0 Å². The Morgan fingerprint density at radius 3 is 2.78 bits per heavy atom. The Morgan fingerprint density at radius 2 is 2.00 bits per heavy atom. The molecule has 54 valence electrons. The van der Waals surface area contributed by atoms with E-state index in [2.05, 4.69) is 19.2 Å². The van der Waals surface area contributed by atoms with Crippen molar-refractivity contribution in [3.8, 4) is 0 Å². The van der Waals surface area contributed by atoms with Crippen molar-refractivity contribution >= 4 is 0 Å². The summed E-state index contributed by atoms with van der Waals surface area (Å²) < 4.78 is 0. The van der Waals surface area contributed by atoms with E-state index in [1.165, 1.54) is 25.8 Å². The van der Waals surface area contributed by atoms with Crippen LogP contribution in [-0.2, 0) is 0 Å².